The first kappa shape index (κ1) is 17.8. The Kier molecular flexibility index (Phi) is 4.82. The van der Waals surface area contributed by atoms with Gasteiger partial charge in [-0.2, -0.15) is 5.10 Å². The van der Waals surface area contributed by atoms with E-state index in [4.69, 9.17) is 9.47 Å². The topological polar surface area (TPSA) is 39.5 Å². The van der Waals surface area contributed by atoms with Gasteiger partial charge in [0.25, 0.3) is 0 Å². The van der Waals surface area contributed by atoms with Crippen LogP contribution in [-0.2, 0) is 6.54 Å². The van der Waals surface area contributed by atoms with Crippen molar-refractivity contribution in [2.75, 3.05) is 19.8 Å². The summed E-state index contributed by atoms with van der Waals surface area (Å²) in [4.78, 5) is 2.56. The average molecular weight is 440 g/mol. The van der Waals surface area contributed by atoms with Gasteiger partial charge < -0.3 is 9.47 Å². The zero-order valence-corrected chi connectivity index (χ0v) is 17.1. The number of benzene rings is 2. The van der Waals surface area contributed by atoms with Crippen molar-refractivity contribution in [2.45, 2.75) is 25.4 Å². The molecule has 0 saturated carbocycles. The maximum atomic E-state index is 5.78. The number of rotatable bonds is 4. The van der Waals surface area contributed by atoms with Gasteiger partial charge in [0.05, 0.1) is 16.4 Å². The summed E-state index contributed by atoms with van der Waals surface area (Å²) >= 11 is 3.45. The van der Waals surface area contributed by atoms with E-state index in [1.165, 1.54) is 24.0 Å². The number of nitrogens with zero attached hydrogens (tertiary/aromatic N) is 3. The van der Waals surface area contributed by atoms with Crippen LogP contribution in [0.15, 0.2) is 59.3 Å². The van der Waals surface area contributed by atoms with E-state index in [0.29, 0.717) is 19.3 Å². The summed E-state index contributed by atoms with van der Waals surface area (Å²) in [7, 11) is 0. The Morgan fingerprint density at radius 2 is 1.86 bits per heavy atom. The minimum atomic E-state index is 0.428. The fourth-order valence-electron chi connectivity index (χ4n) is 4.09. The smallest absolute Gasteiger partial charge is 0.161 e. The number of halogens is 1. The molecule has 0 spiro atoms. The van der Waals surface area contributed by atoms with Crippen molar-refractivity contribution >= 4 is 15.9 Å². The Labute approximate surface area is 173 Å². The van der Waals surface area contributed by atoms with Gasteiger partial charge in [0.15, 0.2) is 11.5 Å². The van der Waals surface area contributed by atoms with Crippen LogP contribution in [0, 0.1) is 0 Å². The summed E-state index contributed by atoms with van der Waals surface area (Å²) in [5.41, 5.74) is 3.71. The second kappa shape index (κ2) is 7.60. The Morgan fingerprint density at radius 1 is 1.04 bits per heavy atom. The third kappa shape index (κ3) is 3.54. The Hall–Kier alpha value is -2.31. The standard InChI is InChI=1S/C22H22BrN3O2/c23-18-13-24-26(15-18)19-6-3-16(4-7-19)14-25-9-1-2-20(25)17-5-8-21-22(12-17)28-11-10-27-21/h3-8,12-13,15,20H,1-2,9-11,14H2/t20-/m0/s1. The minimum Gasteiger partial charge on any atom is -0.486 e. The molecule has 5 nitrogen and oxygen atoms in total. The van der Waals surface area contributed by atoms with E-state index in [-0.39, 0.29) is 0 Å². The number of fused-ring (bicyclic) bond motifs is 1. The highest BCUT2D eigenvalue weighted by Crippen LogP contribution is 2.38. The molecule has 1 aromatic heterocycles. The highest BCUT2D eigenvalue weighted by atomic mass is 79.9. The molecule has 0 aliphatic carbocycles. The minimum absolute atomic E-state index is 0.428. The zero-order chi connectivity index (χ0) is 18.9. The molecule has 0 unspecified atom stereocenters. The van der Waals surface area contributed by atoms with E-state index >= 15 is 0 Å². The molecule has 1 saturated heterocycles. The lowest BCUT2D eigenvalue weighted by Gasteiger charge is -2.26. The van der Waals surface area contributed by atoms with Gasteiger partial charge in [-0.05, 0) is 70.7 Å². The van der Waals surface area contributed by atoms with Gasteiger partial charge in [0.1, 0.15) is 13.2 Å². The van der Waals surface area contributed by atoms with E-state index in [9.17, 15) is 0 Å². The fraction of sp³-hybridized carbons (Fsp3) is 0.318. The van der Waals surface area contributed by atoms with Crippen LogP contribution < -0.4 is 9.47 Å². The second-order valence-corrected chi connectivity index (χ2v) is 8.22. The van der Waals surface area contributed by atoms with Crippen LogP contribution in [-0.4, -0.2) is 34.4 Å². The van der Waals surface area contributed by atoms with E-state index in [0.717, 1.165) is 34.7 Å². The SMILES string of the molecule is Brc1cnn(-c2ccc(CN3CCC[C@H]3c3ccc4c(c3)OCCO4)cc2)c1. The van der Waals surface area contributed by atoms with E-state index in [1.807, 2.05) is 10.9 Å². The predicted molar refractivity (Wildman–Crippen MR) is 111 cm³/mol. The van der Waals surface area contributed by atoms with Crippen molar-refractivity contribution in [3.63, 3.8) is 0 Å². The Morgan fingerprint density at radius 3 is 2.64 bits per heavy atom. The molecular formula is C22H22BrN3O2. The highest BCUT2D eigenvalue weighted by molar-refractivity contribution is 9.10. The summed E-state index contributed by atoms with van der Waals surface area (Å²) in [5, 5.41) is 4.34. The van der Waals surface area contributed by atoms with Crippen LogP contribution in [0.5, 0.6) is 11.5 Å². The fourth-order valence-corrected chi connectivity index (χ4v) is 4.38. The van der Waals surface area contributed by atoms with Crippen LogP contribution >= 0.6 is 15.9 Å². The number of hydrogen-bond acceptors (Lipinski definition) is 4. The average Bonchev–Trinajstić information content (AvgIpc) is 3.37. The Balaban J connectivity index is 1.32. The summed E-state index contributed by atoms with van der Waals surface area (Å²) in [6.45, 7) is 3.33. The number of aromatic nitrogens is 2. The maximum Gasteiger partial charge on any atom is 0.161 e. The van der Waals surface area contributed by atoms with Crippen molar-refractivity contribution in [2.24, 2.45) is 0 Å². The van der Waals surface area contributed by atoms with Crippen molar-refractivity contribution < 1.29 is 9.47 Å². The quantitative estimate of drug-likeness (QED) is 0.588. The monoisotopic (exact) mass is 439 g/mol. The number of likely N-dealkylation sites (tertiary alicyclic amines) is 1. The molecule has 3 heterocycles. The number of ether oxygens (including phenoxy) is 2. The van der Waals surface area contributed by atoms with Crippen molar-refractivity contribution in [1.82, 2.24) is 14.7 Å². The van der Waals surface area contributed by atoms with Crippen molar-refractivity contribution in [3.05, 3.63) is 70.5 Å². The van der Waals surface area contributed by atoms with Gasteiger partial charge in [-0.25, -0.2) is 4.68 Å². The largest absolute Gasteiger partial charge is 0.486 e. The molecule has 2 aliphatic heterocycles. The van der Waals surface area contributed by atoms with E-state index in [1.54, 1.807) is 6.20 Å². The van der Waals surface area contributed by atoms with Crippen LogP contribution in [0.4, 0.5) is 0 Å². The Bertz CT molecular complexity index is 970. The molecule has 1 fully saturated rings. The second-order valence-electron chi connectivity index (χ2n) is 7.30. The summed E-state index contributed by atoms with van der Waals surface area (Å²) in [5.74, 6) is 1.74. The van der Waals surface area contributed by atoms with Crippen molar-refractivity contribution in [1.29, 1.82) is 0 Å². The molecule has 2 aromatic carbocycles. The van der Waals surface area contributed by atoms with Gasteiger partial charge in [0.2, 0.25) is 0 Å². The molecule has 2 aliphatic rings. The lowest BCUT2D eigenvalue weighted by Crippen LogP contribution is -2.23. The van der Waals surface area contributed by atoms with Gasteiger partial charge >= 0.3 is 0 Å². The van der Waals surface area contributed by atoms with Gasteiger partial charge in [-0.1, -0.05) is 18.2 Å². The molecule has 28 heavy (non-hydrogen) atoms. The van der Waals surface area contributed by atoms with Crippen LogP contribution in [0.2, 0.25) is 0 Å². The molecule has 0 bridgehead atoms. The first-order chi connectivity index (χ1) is 13.8. The molecule has 0 amide bonds. The molecule has 3 aromatic rings. The molecular weight excluding hydrogens is 418 g/mol. The van der Waals surface area contributed by atoms with Gasteiger partial charge in [-0.15, -0.1) is 0 Å². The zero-order valence-electron chi connectivity index (χ0n) is 15.6. The summed E-state index contributed by atoms with van der Waals surface area (Å²) in [6, 6.07) is 15.5. The summed E-state index contributed by atoms with van der Waals surface area (Å²) in [6.07, 6.45) is 6.17. The highest BCUT2D eigenvalue weighted by Gasteiger charge is 2.27. The lowest BCUT2D eigenvalue weighted by atomic mass is 10.0. The van der Waals surface area contributed by atoms with Crippen molar-refractivity contribution in [3.8, 4) is 17.2 Å². The van der Waals surface area contributed by atoms with Crippen LogP contribution in [0.3, 0.4) is 0 Å². The molecule has 6 heteroatoms. The van der Waals surface area contributed by atoms with Gasteiger partial charge in [0, 0.05) is 18.8 Å². The lowest BCUT2D eigenvalue weighted by molar-refractivity contribution is 0.170. The van der Waals surface area contributed by atoms with Crippen LogP contribution in [0.25, 0.3) is 5.69 Å². The maximum absolute atomic E-state index is 5.78. The molecule has 0 N–H and O–H groups in total. The van der Waals surface area contributed by atoms with E-state index < -0.39 is 0 Å². The molecule has 1 atom stereocenters. The third-order valence-corrected chi connectivity index (χ3v) is 5.86. The van der Waals surface area contributed by atoms with E-state index in [2.05, 4.69) is 68.4 Å². The number of hydrogen-bond donors (Lipinski definition) is 0. The summed E-state index contributed by atoms with van der Waals surface area (Å²) < 4.78 is 14.3. The first-order valence-corrected chi connectivity index (χ1v) is 10.5. The third-order valence-electron chi connectivity index (χ3n) is 5.45. The molecule has 144 valence electrons. The molecule has 0 radical (unpaired) electrons. The normalized spacial score (nSPS) is 19.1. The molecule has 5 rings (SSSR count). The first-order valence-electron chi connectivity index (χ1n) is 9.69. The predicted octanol–water partition coefficient (Wildman–Crippen LogP) is 4.74. The van der Waals surface area contributed by atoms with Gasteiger partial charge in [-0.3, -0.25) is 4.90 Å². The van der Waals surface area contributed by atoms with Crippen LogP contribution in [0.1, 0.15) is 30.0 Å².